The van der Waals surface area contributed by atoms with E-state index in [1.54, 1.807) is 7.11 Å². The van der Waals surface area contributed by atoms with Gasteiger partial charge in [-0.2, -0.15) is 0 Å². The Morgan fingerprint density at radius 3 is 2.41 bits per heavy atom. The molecule has 0 amide bonds. The summed E-state index contributed by atoms with van der Waals surface area (Å²) in [5, 5.41) is 0.516. The van der Waals surface area contributed by atoms with Crippen molar-refractivity contribution in [3.63, 3.8) is 0 Å². The van der Waals surface area contributed by atoms with Crippen molar-refractivity contribution in [1.29, 1.82) is 0 Å². The highest BCUT2D eigenvalue weighted by atomic mass is 16.5. The minimum Gasteiger partial charge on any atom is -0.497 e. The molecule has 0 saturated carbocycles. The molecule has 0 saturated heterocycles. The molecule has 4 aromatic rings. The number of methoxy groups -OCH3 is 1. The number of hydrogen-bond acceptors (Lipinski definition) is 4. The lowest BCUT2D eigenvalue weighted by atomic mass is 10.1. The van der Waals surface area contributed by atoms with E-state index in [-0.39, 0.29) is 17.8 Å². The summed E-state index contributed by atoms with van der Waals surface area (Å²) in [4.78, 5) is 13.3. The maximum Gasteiger partial charge on any atom is 0.235 e. The summed E-state index contributed by atoms with van der Waals surface area (Å²) in [6, 6.07) is 20.9. The van der Waals surface area contributed by atoms with E-state index in [9.17, 15) is 4.79 Å². The zero-order valence-corrected chi connectivity index (χ0v) is 16.7. The van der Waals surface area contributed by atoms with Crippen molar-refractivity contribution < 1.29 is 13.9 Å². The molecule has 146 valence electrons. The molecule has 0 atom stereocenters. The molecule has 0 aliphatic heterocycles. The molecular formula is C25H22O4. The van der Waals surface area contributed by atoms with Gasteiger partial charge >= 0.3 is 0 Å². The van der Waals surface area contributed by atoms with Gasteiger partial charge in [0.25, 0.3) is 0 Å². The van der Waals surface area contributed by atoms with Gasteiger partial charge in [0.05, 0.1) is 12.5 Å². The molecule has 29 heavy (non-hydrogen) atoms. The summed E-state index contributed by atoms with van der Waals surface area (Å²) < 4.78 is 17.4. The Kier molecular flexibility index (Phi) is 5.09. The summed E-state index contributed by atoms with van der Waals surface area (Å²) in [7, 11) is 1.62. The third-order valence-electron chi connectivity index (χ3n) is 4.99. The fraction of sp³-hybridized carbons (Fsp3) is 0.160. The standard InChI is InChI=1S/C25H22O4/c1-16-8-13-22-21(14-16)23(26)25(28-15-19-7-5-4-6-17(19)2)24(29-22)18-9-11-20(27-3)12-10-18/h4-14H,15H2,1-3H3. The molecule has 0 bridgehead atoms. The Balaban J connectivity index is 1.85. The van der Waals surface area contributed by atoms with Crippen LogP contribution in [0.1, 0.15) is 16.7 Å². The Hall–Kier alpha value is -3.53. The molecule has 4 rings (SSSR count). The fourth-order valence-electron chi connectivity index (χ4n) is 3.28. The maximum atomic E-state index is 13.3. The molecule has 0 N–H and O–H groups in total. The van der Waals surface area contributed by atoms with Crippen LogP contribution in [0.4, 0.5) is 0 Å². The van der Waals surface area contributed by atoms with Gasteiger partial charge in [0.1, 0.15) is 17.9 Å². The zero-order valence-electron chi connectivity index (χ0n) is 16.7. The van der Waals surface area contributed by atoms with Gasteiger partial charge in [-0.3, -0.25) is 4.79 Å². The van der Waals surface area contributed by atoms with Gasteiger partial charge in [0.2, 0.25) is 11.2 Å². The van der Waals surface area contributed by atoms with Gasteiger partial charge in [-0.05, 0) is 61.4 Å². The first kappa shape index (κ1) is 18.8. The van der Waals surface area contributed by atoms with E-state index >= 15 is 0 Å². The van der Waals surface area contributed by atoms with Gasteiger partial charge in [0.15, 0.2) is 5.76 Å². The number of ether oxygens (including phenoxy) is 2. The van der Waals surface area contributed by atoms with Crippen LogP contribution in [0.2, 0.25) is 0 Å². The van der Waals surface area contributed by atoms with Crippen LogP contribution in [0.25, 0.3) is 22.3 Å². The molecule has 0 aliphatic carbocycles. The van der Waals surface area contributed by atoms with Crippen molar-refractivity contribution >= 4 is 11.0 Å². The average molecular weight is 386 g/mol. The number of aryl methyl sites for hydroxylation is 2. The van der Waals surface area contributed by atoms with Crippen LogP contribution in [0.3, 0.4) is 0 Å². The molecule has 0 fully saturated rings. The van der Waals surface area contributed by atoms with Crippen molar-refractivity contribution in [2.24, 2.45) is 0 Å². The first-order valence-corrected chi connectivity index (χ1v) is 9.46. The molecule has 0 unspecified atom stereocenters. The minimum atomic E-state index is -0.172. The summed E-state index contributed by atoms with van der Waals surface area (Å²) in [5.41, 5.74) is 4.25. The van der Waals surface area contributed by atoms with Crippen molar-refractivity contribution in [3.8, 4) is 22.8 Å². The molecule has 1 aromatic heterocycles. The van der Waals surface area contributed by atoms with Crippen LogP contribution in [0.5, 0.6) is 11.5 Å². The lowest BCUT2D eigenvalue weighted by Gasteiger charge is -2.13. The van der Waals surface area contributed by atoms with Crippen LogP contribution in [0, 0.1) is 13.8 Å². The molecule has 0 radical (unpaired) electrons. The lowest BCUT2D eigenvalue weighted by Crippen LogP contribution is -2.11. The topological polar surface area (TPSA) is 48.7 Å². The normalized spacial score (nSPS) is 10.9. The van der Waals surface area contributed by atoms with Crippen molar-refractivity contribution in [2.45, 2.75) is 20.5 Å². The van der Waals surface area contributed by atoms with Crippen LogP contribution < -0.4 is 14.9 Å². The molecule has 1 heterocycles. The molecule has 4 nitrogen and oxygen atoms in total. The van der Waals surface area contributed by atoms with Gasteiger partial charge in [0, 0.05) is 5.56 Å². The summed E-state index contributed by atoms with van der Waals surface area (Å²) in [6.45, 7) is 4.26. The lowest BCUT2D eigenvalue weighted by molar-refractivity contribution is 0.297. The third-order valence-corrected chi connectivity index (χ3v) is 4.99. The van der Waals surface area contributed by atoms with E-state index in [0.717, 1.165) is 28.0 Å². The van der Waals surface area contributed by atoms with E-state index in [2.05, 4.69) is 0 Å². The second-order valence-electron chi connectivity index (χ2n) is 7.03. The molecule has 3 aromatic carbocycles. The minimum absolute atomic E-state index is 0.172. The number of rotatable bonds is 5. The van der Waals surface area contributed by atoms with Crippen LogP contribution in [-0.2, 0) is 6.61 Å². The second-order valence-corrected chi connectivity index (χ2v) is 7.03. The molecule has 4 heteroatoms. The predicted octanol–water partition coefficient (Wildman–Crippen LogP) is 5.66. The quantitative estimate of drug-likeness (QED) is 0.444. The smallest absolute Gasteiger partial charge is 0.235 e. The average Bonchev–Trinajstić information content (AvgIpc) is 2.74. The monoisotopic (exact) mass is 386 g/mol. The van der Waals surface area contributed by atoms with E-state index in [4.69, 9.17) is 13.9 Å². The SMILES string of the molecule is COc1ccc(-c2oc3ccc(C)cc3c(=O)c2OCc2ccccc2C)cc1. The highest BCUT2D eigenvalue weighted by Crippen LogP contribution is 2.32. The van der Waals surface area contributed by atoms with E-state index in [1.165, 1.54) is 0 Å². The molecular weight excluding hydrogens is 364 g/mol. The zero-order chi connectivity index (χ0) is 20.4. The number of fused-ring (bicyclic) bond motifs is 1. The first-order valence-electron chi connectivity index (χ1n) is 9.46. The van der Waals surface area contributed by atoms with Crippen molar-refractivity contribution in [3.05, 3.63) is 93.6 Å². The Labute approximate surface area is 169 Å². The van der Waals surface area contributed by atoms with Gasteiger partial charge < -0.3 is 13.9 Å². The summed E-state index contributed by atoms with van der Waals surface area (Å²) in [5.74, 6) is 1.37. The Bertz CT molecular complexity index is 1220. The van der Waals surface area contributed by atoms with Crippen molar-refractivity contribution in [2.75, 3.05) is 7.11 Å². The van der Waals surface area contributed by atoms with Crippen LogP contribution >= 0.6 is 0 Å². The maximum absolute atomic E-state index is 13.3. The Morgan fingerprint density at radius 1 is 0.931 bits per heavy atom. The van der Waals surface area contributed by atoms with Gasteiger partial charge in [-0.1, -0.05) is 35.9 Å². The van der Waals surface area contributed by atoms with Crippen LogP contribution in [-0.4, -0.2) is 7.11 Å². The van der Waals surface area contributed by atoms with Crippen molar-refractivity contribution in [1.82, 2.24) is 0 Å². The van der Waals surface area contributed by atoms with E-state index < -0.39 is 0 Å². The van der Waals surface area contributed by atoms with E-state index in [0.29, 0.717) is 16.7 Å². The first-order chi connectivity index (χ1) is 14.1. The number of hydrogen-bond donors (Lipinski definition) is 0. The highest BCUT2D eigenvalue weighted by Gasteiger charge is 2.18. The van der Waals surface area contributed by atoms with E-state index in [1.807, 2.05) is 80.6 Å². The Morgan fingerprint density at radius 2 is 1.69 bits per heavy atom. The largest absolute Gasteiger partial charge is 0.497 e. The van der Waals surface area contributed by atoms with Gasteiger partial charge in [-0.25, -0.2) is 0 Å². The fourth-order valence-corrected chi connectivity index (χ4v) is 3.28. The predicted molar refractivity (Wildman–Crippen MR) is 115 cm³/mol. The van der Waals surface area contributed by atoms with Crippen LogP contribution in [0.15, 0.2) is 75.9 Å². The molecule has 0 spiro atoms. The highest BCUT2D eigenvalue weighted by molar-refractivity contribution is 5.82. The second kappa shape index (κ2) is 7.84. The van der Waals surface area contributed by atoms with Gasteiger partial charge in [-0.15, -0.1) is 0 Å². The number of benzene rings is 3. The molecule has 0 aliphatic rings. The summed E-state index contributed by atoms with van der Waals surface area (Å²) in [6.07, 6.45) is 0. The summed E-state index contributed by atoms with van der Waals surface area (Å²) >= 11 is 0. The third kappa shape index (κ3) is 3.74.